The molecule has 1 aromatic rings. The van der Waals surface area contributed by atoms with E-state index < -0.39 is 0 Å². The van der Waals surface area contributed by atoms with Crippen molar-refractivity contribution in [3.05, 3.63) is 16.8 Å². The van der Waals surface area contributed by atoms with Gasteiger partial charge in [-0.05, 0) is 45.1 Å². The Morgan fingerprint density at radius 3 is 2.53 bits per heavy atom. The van der Waals surface area contributed by atoms with Crippen molar-refractivity contribution < 1.29 is 0 Å². The summed E-state index contributed by atoms with van der Waals surface area (Å²) >= 11 is 0. The summed E-state index contributed by atoms with van der Waals surface area (Å²) in [6.07, 6.45) is 3.93. The van der Waals surface area contributed by atoms with E-state index in [1.165, 1.54) is 19.3 Å². The number of amidine groups is 1. The number of nitrogen functional groups attached to an aromatic ring is 1. The van der Waals surface area contributed by atoms with Crippen LogP contribution in [0, 0.1) is 25.2 Å². The Morgan fingerprint density at radius 2 is 2.05 bits per heavy atom. The minimum absolute atomic E-state index is 0.0811. The lowest BCUT2D eigenvalue weighted by atomic mass is 9.85. The van der Waals surface area contributed by atoms with Crippen LogP contribution >= 0.6 is 0 Å². The number of nitrogens with two attached hydrogens (primary N) is 1. The lowest BCUT2D eigenvalue weighted by Crippen LogP contribution is -2.35. The molecule has 3 N–H and O–H groups in total. The van der Waals surface area contributed by atoms with Crippen molar-refractivity contribution in [3.8, 4) is 0 Å². The summed E-state index contributed by atoms with van der Waals surface area (Å²) in [6, 6.07) is 0. The topological polar surface area (TPSA) is 78.9 Å². The van der Waals surface area contributed by atoms with Crippen molar-refractivity contribution in [1.82, 2.24) is 10.2 Å². The molecule has 1 aromatic heterocycles. The maximum Gasteiger partial charge on any atom is 0.162 e. The van der Waals surface area contributed by atoms with Gasteiger partial charge in [0.25, 0.3) is 0 Å². The molecule has 1 heterocycles. The zero-order chi connectivity index (χ0) is 14.0. The summed E-state index contributed by atoms with van der Waals surface area (Å²) in [5.74, 6) is 1.60. The normalized spacial score (nSPS) is 15.1. The van der Waals surface area contributed by atoms with Gasteiger partial charge < -0.3 is 10.6 Å². The summed E-state index contributed by atoms with van der Waals surface area (Å²) in [5.41, 5.74) is 8.29. The Morgan fingerprint density at radius 1 is 1.37 bits per heavy atom. The van der Waals surface area contributed by atoms with Crippen LogP contribution in [0.25, 0.3) is 0 Å². The van der Waals surface area contributed by atoms with E-state index >= 15 is 0 Å². The van der Waals surface area contributed by atoms with Crippen LogP contribution in [0.5, 0.6) is 0 Å². The molecule has 0 unspecified atom stereocenters. The molecule has 5 heteroatoms. The third-order valence-corrected chi connectivity index (χ3v) is 4.09. The van der Waals surface area contributed by atoms with Gasteiger partial charge in [-0.3, -0.25) is 5.41 Å². The predicted octanol–water partition coefficient (Wildman–Crippen LogP) is 2.00. The fourth-order valence-electron chi connectivity index (χ4n) is 2.49. The molecule has 0 amide bonds. The van der Waals surface area contributed by atoms with Crippen LogP contribution < -0.4 is 10.6 Å². The largest absolute Gasteiger partial charge is 0.384 e. The summed E-state index contributed by atoms with van der Waals surface area (Å²) < 4.78 is 0. The average Bonchev–Trinajstić information content (AvgIpc) is 2.31. The fourth-order valence-corrected chi connectivity index (χ4v) is 2.49. The van der Waals surface area contributed by atoms with Crippen molar-refractivity contribution >= 4 is 11.7 Å². The molecule has 0 saturated heterocycles. The van der Waals surface area contributed by atoms with Gasteiger partial charge in [-0.2, -0.15) is 5.10 Å². The Balaban J connectivity index is 2.35. The van der Waals surface area contributed by atoms with E-state index in [4.69, 9.17) is 11.1 Å². The molecular formula is C14H23N5. The van der Waals surface area contributed by atoms with Crippen LogP contribution in [0.3, 0.4) is 0 Å². The molecule has 0 atom stereocenters. The average molecular weight is 261 g/mol. The van der Waals surface area contributed by atoms with E-state index in [-0.39, 0.29) is 5.84 Å². The van der Waals surface area contributed by atoms with Gasteiger partial charge in [-0.15, -0.1) is 5.10 Å². The van der Waals surface area contributed by atoms with Gasteiger partial charge in [0.15, 0.2) is 5.82 Å². The molecule has 0 aliphatic heterocycles. The number of anilines is 1. The smallest absolute Gasteiger partial charge is 0.162 e. The number of hydrogen-bond donors (Lipinski definition) is 2. The molecule has 0 bridgehead atoms. The van der Waals surface area contributed by atoms with Crippen molar-refractivity contribution in [2.24, 2.45) is 11.7 Å². The SMILES string of the molecule is CCN(CC1CCC1)c1nnc(C)c(C)c1C(=N)N. The first-order valence-electron chi connectivity index (χ1n) is 6.97. The monoisotopic (exact) mass is 261 g/mol. The first-order valence-corrected chi connectivity index (χ1v) is 6.97. The van der Waals surface area contributed by atoms with E-state index in [1.54, 1.807) is 0 Å². The second kappa shape index (κ2) is 5.55. The Hall–Kier alpha value is -1.65. The van der Waals surface area contributed by atoms with E-state index in [2.05, 4.69) is 22.0 Å². The van der Waals surface area contributed by atoms with Crippen LogP contribution in [0.2, 0.25) is 0 Å². The van der Waals surface area contributed by atoms with Gasteiger partial charge in [0.1, 0.15) is 5.84 Å². The lowest BCUT2D eigenvalue weighted by Gasteiger charge is -2.33. The number of aryl methyl sites for hydroxylation is 1. The second-order valence-corrected chi connectivity index (χ2v) is 5.36. The van der Waals surface area contributed by atoms with E-state index in [0.717, 1.165) is 41.6 Å². The first-order chi connectivity index (χ1) is 9.04. The molecule has 5 nitrogen and oxygen atoms in total. The molecule has 0 radical (unpaired) electrons. The Bertz CT molecular complexity index is 479. The fraction of sp³-hybridized carbons (Fsp3) is 0.643. The third-order valence-electron chi connectivity index (χ3n) is 4.09. The number of nitrogens with one attached hydrogen (secondary N) is 1. The number of rotatable bonds is 5. The van der Waals surface area contributed by atoms with Gasteiger partial charge in [-0.1, -0.05) is 6.42 Å². The highest BCUT2D eigenvalue weighted by atomic mass is 15.3. The lowest BCUT2D eigenvalue weighted by molar-refractivity contribution is 0.318. The molecule has 104 valence electrons. The van der Waals surface area contributed by atoms with Gasteiger partial charge in [-0.25, -0.2) is 0 Å². The highest BCUT2D eigenvalue weighted by molar-refractivity contribution is 6.01. The maximum atomic E-state index is 7.81. The Labute approximate surface area is 114 Å². The highest BCUT2D eigenvalue weighted by Crippen LogP contribution is 2.30. The summed E-state index contributed by atoms with van der Waals surface area (Å²) in [5, 5.41) is 16.3. The van der Waals surface area contributed by atoms with Crippen molar-refractivity contribution in [1.29, 1.82) is 5.41 Å². The van der Waals surface area contributed by atoms with E-state index in [9.17, 15) is 0 Å². The van der Waals surface area contributed by atoms with Crippen LogP contribution in [0.15, 0.2) is 0 Å². The van der Waals surface area contributed by atoms with Crippen molar-refractivity contribution in [2.45, 2.75) is 40.0 Å². The molecule has 0 aromatic carbocycles. The zero-order valence-electron chi connectivity index (χ0n) is 12.0. The minimum Gasteiger partial charge on any atom is -0.384 e. The summed E-state index contributed by atoms with van der Waals surface area (Å²) in [4.78, 5) is 2.21. The molecule has 1 fully saturated rings. The molecule has 1 aliphatic carbocycles. The zero-order valence-corrected chi connectivity index (χ0v) is 12.0. The molecule has 2 rings (SSSR count). The maximum absolute atomic E-state index is 7.81. The molecular weight excluding hydrogens is 238 g/mol. The molecule has 19 heavy (non-hydrogen) atoms. The molecule has 1 saturated carbocycles. The minimum atomic E-state index is 0.0811. The van der Waals surface area contributed by atoms with Gasteiger partial charge in [0, 0.05) is 13.1 Å². The van der Waals surface area contributed by atoms with Crippen molar-refractivity contribution in [3.63, 3.8) is 0 Å². The van der Waals surface area contributed by atoms with Crippen LogP contribution in [0.1, 0.15) is 43.0 Å². The molecule has 1 aliphatic rings. The summed E-state index contributed by atoms with van der Waals surface area (Å²) in [6.45, 7) is 7.84. The van der Waals surface area contributed by atoms with Crippen LogP contribution in [-0.4, -0.2) is 29.1 Å². The summed E-state index contributed by atoms with van der Waals surface area (Å²) in [7, 11) is 0. The predicted molar refractivity (Wildman–Crippen MR) is 77.8 cm³/mol. The van der Waals surface area contributed by atoms with Gasteiger partial charge in [0.2, 0.25) is 0 Å². The van der Waals surface area contributed by atoms with Crippen molar-refractivity contribution in [2.75, 3.05) is 18.0 Å². The highest BCUT2D eigenvalue weighted by Gasteiger charge is 2.24. The van der Waals surface area contributed by atoms with E-state index in [0.29, 0.717) is 0 Å². The number of aromatic nitrogens is 2. The quantitative estimate of drug-likeness (QED) is 0.627. The standard InChI is InChI=1S/C14H23N5/c1-4-19(8-11-6-5-7-11)14-12(13(15)16)9(2)10(3)17-18-14/h11H,4-8H2,1-3H3,(H3,15,16). The van der Waals surface area contributed by atoms with E-state index in [1.807, 2.05) is 13.8 Å². The van der Waals surface area contributed by atoms with Crippen LogP contribution in [0.4, 0.5) is 5.82 Å². The number of nitrogens with zero attached hydrogens (tertiary/aromatic N) is 3. The Kier molecular flexibility index (Phi) is 4.02. The number of hydrogen-bond acceptors (Lipinski definition) is 4. The third kappa shape index (κ3) is 2.69. The van der Waals surface area contributed by atoms with Crippen LogP contribution in [-0.2, 0) is 0 Å². The second-order valence-electron chi connectivity index (χ2n) is 5.36. The first kappa shape index (κ1) is 13.8. The van der Waals surface area contributed by atoms with Gasteiger partial charge in [0.05, 0.1) is 11.3 Å². The van der Waals surface area contributed by atoms with Gasteiger partial charge >= 0.3 is 0 Å². The molecule has 0 spiro atoms.